The molecule has 1 atom stereocenters. The summed E-state index contributed by atoms with van der Waals surface area (Å²) in [5.74, 6) is 0.856. The van der Waals surface area contributed by atoms with Gasteiger partial charge < -0.3 is 5.32 Å². The number of hydrogen-bond acceptors (Lipinski definition) is 1. The highest BCUT2D eigenvalue weighted by atomic mass is 14.9. The first-order valence-electron chi connectivity index (χ1n) is 7.73. The highest BCUT2D eigenvalue weighted by Gasteiger charge is 2.31. The molecular weight excluding hydrogens is 242 g/mol. The van der Waals surface area contributed by atoms with Gasteiger partial charge in [-0.2, -0.15) is 0 Å². The molecule has 1 aliphatic rings. The summed E-state index contributed by atoms with van der Waals surface area (Å²) in [6.07, 6.45) is 3.78. The van der Waals surface area contributed by atoms with Crippen LogP contribution in [0, 0.1) is 5.92 Å². The molecule has 2 aromatic rings. The second kappa shape index (κ2) is 6.23. The summed E-state index contributed by atoms with van der Waals surface area (Å²) in [7, 11) is 0. The molecule has 0 amide bonds. The van der Waals surface area contributed by atoms with Crippen molar-refractivity contribution in [3.8, 4) is 0 Å². The van der Waals surface area contributed by atoms with Crippen LogP contribution >= 0.6 is 0 Å². The van der Waals surface area contributed by atoms with Crippen LogP contribution in [0.15, 0.2) is 54.6 Å². The van der Waals surface area contributed by atoms with Crippen LogP contribution in [0.1, 0.15) is 42.5 Å². The van der Waals surface area contributed by atoms with Crippen molar-refractivity contribution < 1.29 is 0 Å². The Bertz CT molecular complexity index is 525. The molecule has 0 saturated heterocycles. The predicted molar refractivity (Wildman–Crippen MR) is 84.8 cm³/mol. The molecule has 1 fully saturated rings. The number of benzene rings is 2. The molecule has 0 aromatic heterocycles. The molecule has 0 spiro atoms. The third kappa shape index (κ3) is 3.29. The van der Waals surface area contributed by atoms with Crippen molar-refractivity contribution in [3.63, 3.8) is 0 Å². The maximum atomic E-state index is 3.63. The Morgan fingerprint density at radius 3 is 2.20 bits per heavy atom. The molecular formula is C19H23N. The molecule has 0 radical (unpaired) electrons. The van der Waals surface area contributed by atoms with Gasteiger partial charge in [0.25, 0.3) is 0 Å². The van der Waals surface area contributed by atoms with E-state index >= 15 is 0 Å². The van der Waals surface area contributed by atoms with Gasteiger partial charge in [-0.1, -0.05) is 61.5 Å². The van der Waals surface area contributed by atoms with Crippen LogP contribution in [0.3, 0.4) is 0 Å². The van der Waals surface area contributed by atoms with Gasteiger partial charge in [-0.3, -0.25) is 0 Å². The zero-order valence-corrected chi connectivity index (χ0v) is 12.2. The van der Waals surface area contributed by atoms with Crippen molar-refractivity contribution in [2.24, 2.45) is 5.92 Å². The monoisotopic (exact) mass is 265 g/mol. The first-order valence-corrected chi connectivity index (χ1v) is 7.73. The zero-order chi connectivity index (χ0) is 13.8. The van der Waals surface area contributed by atoms with Crippen molar-refractivity contribution in [1.29, 1.82) is 0 Å². The second-order valence-electron chi connectivity index (χ2n) is 5.78. The van der Waals surface area contributed by atoms with E-state index in [1.165, 1.54) is 29.5 Å². The molecule has 1 aliphatic carbocycles. The van der Waals surface area contributed by atoms with E-state index in [0.717, 1.165) is 18.9 Å². The summed E-state index contributed by atoms with van der Waals surface area (Å²) in [6, 6.07) is 20.4. The van der Waals surface area contributed by atoms with Gasteiger partial charge in [-0.25, -0.2) is 0 Å². The minimum absolute atomic E-state index is 0.561. The van der Waals surface area contributed by atoms with Gasteiger partial charge in [-0.15, -0.1) is 0 Å². The molecule has 20 heavy (non-hydrogen) atoms. The molecule has 104 valence electrons. The molecule has 1 nitrogen and oxygen atoms in total. The fraction of sp³-hybridized carbons (Fsp3) is 0.368. The van der Waals surface area contributed by atoms with E-state index in [2.05, 4.69) is 66.8 Å². The fourth-order valence-electron chi connectivity index (χ4n) is 2.88. The van der Waals surface area contributed by atoms with Gasteiger partial charge in [0.2, 0.25) is 0 Å². The van der Waals surface area contributed by atoms with Crippen molar-refractivity contribution in [1.82, 2.24) is 5.32 Å². The van der Waals surface area contributed by atoms with E-state index in [1.807, 2.05) is 0 Å². The lowest BCUT2D eigenvalue weighted by Crippen LogP contribution is -2.22. The van der Waals surface area contributed by atoms with Crippen molar-refractivity contribution in [2.45, 2.75) is 32.2 Å². The maximum Gasteiger partial charge on any atom is 0.0348 e. The third-order valence-corrected chi connectivity index (χ3v) is 4.11. The Hall–Kier alpha value is -1.60. The standard InChI is InChI=1S/C19H23N/c1-2-20-19(18-12-13-18)17-10-8-16(9-11-17)14-15-6-4-3-5-7-15/h3-11,18-20H,2,12-14H2,1H3. The average molecular weight is 265 g/mol. The van der Waals surface area contributed by atoms with E-state index in [1.54, 1.807) is 0 Å². The highest BCUT2D eigenvalue weighted by Crippen LogP contribution is 2.40. The molecule has 1 saturated carbocycles. The van der Waals surface area contributed by atoms with E-state index in [9.17, 15) is 0 Å². The second-order valence-corrected chi connectivity index (χ2v) is 5.78. The molecule has 1 N–H and O–H groups in total. The summed E-state index contributed by atoms with van der Waals surface area (Å²) in [5.41, 5.74) is 4.22. The molecule has 0 bridgehead atoms. The highest BCUT2D eigenvalue weighted by molar-refractivity contribution is 5.30. The van der Waals surface area contributed by atoms with Crippen LogP contribution in [-0.4, -0.2) is 6.54 Å². The van der Waals surface area contributed by atoms with Crippen LogP contribution in [0.5, 0.6) is 0 Å². The number of hydrogen-bond donors (Lipinski definition) is 1. The van der Waals surface area contributed by atoms with Gasteiger partial charge in [0.15, 0.2) is 0 Å². The first kappa shape index (κ1) is 13.4. The lowest BCUT2D eigenvalue weighted by molar-refractivity contribution is 0.496. The Kier molecular flexibility index (Phi) is 4.17. The molecule has 1 unspecified atom stereocenters. The van der Waals surface area contributed by atoms with Gasteiger partial charge in [0, 0.05) is 6.04 Å². The van der Waals surface area contributed by atoms with Crippen molar-refractivity contribution >= 4 is 0 Å². The molecule has 2 aromatic carbocycles. The minimum Gasteiger partial charge on any atom is -0.310 e. The van der Waals surface area contributed by atoms with E-state index in [4.69, 9.17) is 0 Å². The van der Waals surface area contributed by atoms with E-state index in [0.29, 0.717) is 6.04 Å². The van der Waals surface area contributed by atoms with Gasteiger partial charge in [-0.05, 0) is 48.4 Å². The Morgan fingerprint density at radius 2 is 1.60 bits per heavy atom. The van der Waals surface area contributed by atoms with Gasteiger partial charge in [0.1, 0.15) is 0 Å². The predicted octanol–water partition coefficient (Wildman–Crippen LogP) is 4.34. The molecule has 3 rings (SSSR count). The van der Waals surface area contributed by atoms with Crippen LogP contribution in [0.4, 0.5) is 0 Å². The number of rotatable bonds is 6. The molecule has 0 aliphatic heterocycles. The molecule has 1 heteroatoms. The van der Waals surface area contributed by atoms with Gasteiger partial charge >= 0.3 is 0 Å². The fourth-order valence-corrected chi connectivity index (χ4v) is 2.88. The van der Waals surface area contributed by atoms with Crippen LogP contribution in [0.2, 0.25) is 0 Å². The Labute approximate surface area is 122 Å². The third-order valence-electron chi connectivity index (χ3n) is 4.11. The summed E-state index contributed by atoms with van der Waals surface area (Å²) >= 11 is 0. The maximum absolute atomic E-state index is 3.63. The lowest BCUT2D eigenvalue weighted by Gasteiger charge is -2.18. The molecule has 0 heterocycles. The van der Waals surface area contributed by atoms with Crippen LogP contribution < -0.4 is 5.32 Å². The SMILES string of the molecule is CCNC(c1ccc(Cc2ccccc2)cc1)C1CC1. The quantitative estimate of drug-likeness (QED) is 0.819. The van der Waals surface area contributed by atoms with E-state index in [-0.39, 0.29) is 0 Å². The van der Waals surface area contributed by atoms with E-state index < -0.39 is 0 Å². The average Bonchev–Trinajstić information content (AvgIpc) is 3.32. The van der Waals surface area contributed by atoms with Crippen molar-refractivity contribution in [3.05, 3.63) is 71.3 Å². The largest absolute Gasteiger partial charge is 0.310 e. The Morgan fingerprint density at radius 1 is 0.950 bits per heavy atom. The summed E-state index contributed by atoms with van der Waals surface area (Å²) in [5, 5.41) is 3.63. The van der Waals surface area contributed by atoms with Crippen LogP contribution in [0.25, 0.3) is 0 Å². The zero-order valence-electron chi connectivity index (χ0n) is 12.2. The summed E-state index contributed by atoms with van der Waals surface area (Å²) in [4.78, 5) is 0. The Balaban J connectivity index is 1.70. The lowest BCUT2D eigenvalue weighted by atomic mass is 9.98. The smallest absolute Gasteiger partial charge is 0.0348 e. The number of nitrogens with one attached hydrogen (secondary N) is 1. The van der Waals surface area contributed by atoms with Crippen molar-refractivity contribution in [2.75, 3.05) is 6.54 Å². The summed E-state index contributed by atoms with van der Waals surface area (Å²) < 4.78 is 0. The normalized spacial score (nSPS) is 16.1. The minimum atomic E-state index is 0.561. The van der Waals surface area contributed by atoms with Crippen LogP contribution in [-0.2, 0) is 6.42 Å². The summed E-state index contributed by atoms with van der Waals surface area (Å²) in [6.45, 7) is 3.24. The topological polar surface area (TPSA) is 12.0 Å². The van der Waals surface area contributed by atoms with Gasteiger partial charge in [0.05, 0.1) is 0 Å². The first-order chi connectivity index (χ1) is 9.86.